The summed E-state index contributed by atoms with van der Waals surface area (Å²) in [6.07, 6.45) is 2.49. The summed E-state index contributed by atoms with van der Waals surface area (Å²) in [5.41, 5.74) is 1.08. The minimum absolute atomic E-state index is 0.203. The topological polar surface area (TPSA) is 50.7 Å². The SMILES string of the molecule is Cc1csc(C(C)Nc2nc(C3CC3)ns2)n1. The number of hydrogen-bond donors (Lipinski definition) is 1. The molecule has 0 saturated heterocycles. The standard InChI is InChI=1S/C11H14N4S2/c1-6-5-16-10(12-6)7(2)13-11-14-9(15-17-11)8-3-4-8/h5,7-8H,3-4H2,1-2H3,(H,13,14,15). The summed E-state index contributed by atoms with van der Waals surface area (Å²) in [6.45, 7) is 4.12. The monoisotopic (exact) mass is 266 g/mol. The molecule has 6 heteroatoms. The van der Waals surface area contributed by atoms with E-state index in [1.54, 1.807) is 11.3 Å². The summed E-state index contributed by atoms with van der Waals surface area (Å²) < 4.78 is 4.38. The number of anilines is 1. The van der Waals surface area contributed by atoms with Gasteiger partial charge in [0, 0.05) is 28.5 Å². The number of rotatable bonds is 4. The summed E-state index contributed by atoms with van der Waals surface area (Å²) in [7, 11) is 0. The van der Waals surface area contributed by atoms with Gasteiger partial charge in [-0.1, -0.05) is 0 Å². The highest BCUT2D eigenvalue weighted by Crippen LogP contribution is 2.39. The molecule has 90 valence electrons. The fourth-order valence-electron chi connectivity index (χ4n) is 1.62. The number of thiazole rings is 1. The molecule has 0 aromatic carbocycles. The first-order valence-electron chi connectivity index (χ1n) is 5.74. The van der Waals surface area contributed by atoms with Crippen molar-refractivity contribution in [3.05, 3.63) is 21.9 Å². The van der Waals surface area contributed by atoms with Crippen LogP contribution in [0.5, 0.6) is 0 Å². The first kappa shape index (κ1) is 11.1. The molecule has 0 spiro atoms. The zero-order chi connectivity index (χ0) is 11.8. The molecule has 2 aromatic rings. The molecule has 4 nitrogen and oxygen atoms in total. The molecule has 0 radical (unpaired) electrons. The third-order valence-corrected chi connectivity index (χ3v) is 4.54. The average molecular weight is 266 g/mol. The Balaban J connectivity index is 1.68. The van der Waals surface area contributed by atoms with Crippen LogP contribution in [0, 0.1) is 6.92 Å². The summed E-state index contributed by atoms with van der Waals surface area (Å²) in [6, 6.07) is 0.203. The molecule has 2 heterocycles. The quantitative estimate of drug-likeness (QED) is 0.922. The van der Waals surface area contributed by atoms with E-state index in [0.717, 1.165) is 21.7 Å². The first-order chi connectivity index (χ1) is 8.22. The second kappa shape index (κ2) is 4.34. The summed E-state index contributed by atoms with van der Waals surface area (Å²) in [5.74, 6) is 1.64. The first-order valence-corrected chi connectivity index (χ1v) is 7.40. The van der Waals surface area contributed by atoms with Crippen LogP contribution >= 0.6 is 22.9 Å². The van der Waals surface area contributed by atoms with Gasteiger partial charge in [0.2, 0.25) is 5.13 Å². The minimum atomic E-state index is 0.203. The summed E-state index contributed by atoms with van der Waals surface area (Å²) >= 11 is 3.14. The van der Waals surface area contributed by atoms with E-state index in [0.29, 0.717) is 5.92 Å². The van der Waals surface area contributed by atoms with E-state index in [2.05, 4.69) is 32.0 Å². The smallest absolute Gasteiger partial charge is 0.203 e. The van der Waals surface area contributed by atoms with Crippen LogP contribution in [0.4, 0.5) is 5.13 Å². The van der Waals surface area contributed by atoms with Gasteiger partial charge in [-0.15, -0.1) is 11.3 Å². The average Bonchev–Trinajstić information content (AvgIpc) is 2.90. The third-order valence-electron chi connectivity index (χ3n) is 2.73. The maximum atomic E-state index is 4.52. The number of aryl methyl sites for hydroxylation is 1. The van der Waals surface area contributed by atoms with Crippen molar-refractivity contribution in [3.8, 4) is 0 Å². The molecule has 3 rings (SSSR count). The van der Waals surface area contributed by atoms with E-state index in [4.69, 9.17) is 0 Å². The van der Waals surface area contributed by atoms with Crippen molar-refractivity contribution in [2.24, 2.45) is 0 Å². The molecular weight excluding hydrogens is 252 g/mol. The van der Waals surface area contributed by atoms with Gasteiger partial charge in [0.1, 0.15) is 10.8 Å². The van der Waals surface area contributed by atoms with E-state index in [9.17, 15) is 0 Å². The molecule has 1 aliphatic carbocycles. The van der Waals surface area contributed by atoms with Crippen LogP contribution in [0.2, 0.25) is 0 Å². The zero-order valence-corrected chi connectivity index (χ0v) is 11.4. The lowest BCUT2D eigenvalue weighted by Crippen LogP contribution is -2.06. The van der Waals surface area contributed by atoms with Gasteiger partial charge in [0.05, 0.1) is 6.04 Å². The zero-order valence-electron chi connectivity index (χ0n) is 9.80. The van der Waals surface area contributed by atoms with Crippen molar-refractivity contribution < 1.29 is 0 Å². The summed E-state index contributed by atoms with van der Waals surface area (Å²) in [4.78, 5) is 8.99. The van der Waals surface area contributed by atoms with Crippen LogP contribution in [-0.4, -0.2) is 14.3 Å². The Hall–Kier alpha value is -1.01. The lowest BCUT2D eigenvalue weighted by Gasteiger charge is -2.08. The van der Waals surface area contributed by atoms with Crippen LogP contribution in [0.25, 0.3) is 0 Å². The lowest BCUT2D eigenvalue weighted by atomic mass is 10.3. The van der Waals surface area contributed by atoms with Gasteiger partial charge in [0.15, 0.2) is 0 Å². The second-order valence-electron chi connectivity index (χ2n) is 4.43. The fraction of sp³-hybridized carbons (Fsp3) is 0.545. The van der Waals surface area contributed by atoms with Crippen molar-refractivity contribution in [2.75, 3.05) is 5.32 Å². The van der Waals surface area contributed by atoms with E-state index < -0.39 is 0 Å². The van der Waals surface area contributed by atoms with Crippen molar-refractivity contribution in [1.29, 1.82) is 0 Å². The molecule has 1 fully saturated rings. The van der Waals surface area contributed by atoms with E-state index in [1.807, 2.05) is 6.92 Å². The van der Waals surface area contributed by atoms with Gasteiger partial charge in [-0.05, 0) is 26.7 Å². The third kappa shape index (κ3) is 2.47. The van der Waals surface area contributed by atoms with Gasteiger partial charge in [-0.2, -0.15) is 4.37 Å². The highest BCUT2D eigenvalue weighted by Gasteiger charge is 2.28. The molecule has 1 aliphatic rings. The summed E-state index contributed by atoms with van der Waals surface area (Å²) in [5, 5.41) is 7.45. The highest BCUT2D eigenvalue weighted by molar-refractivity contribution is 7.10. The predicted octanol–water partition coefficient (Wildman–Crippen LogP) is 3.35. The Bertz CT molecular complexity index is 515. The Morgan fingerprint density at radius 3 is 2.88 bits per heavy atom. The van der Waals surface area contributed by atoms with Crippen LogP contribution in [-0.2, 0) is 0 Å². The van der Waals surface area contributed by atoms with Crippen LogP contribution in [0.3, 0.4) is 0 Å². The van der Waals surface area contributed by atoms with Crippen LogP contribution in [0.15, 0.2) is 5.38 Å². The molecule has 2 aromatic heterocycles. The fourth-order valence-corrected chi connectivity index (χ4v) is 3.16. The number of nitrogens with zero attached hydrogens (tertiary/aromatic N) is 3. The number of hydrogen-bond acceptors (Lipinski definition) is 6. The molecule has 1 atom stereocenters. The van der Waals surface area contributed by atoms with Gasteiger partial charge >= 0.3 is 0 Å². The molecule has 1 saturated carbocycles. The largest absolute Gasteiger partial charge is 0.351 e. The molecule has 0 bridgehead atoms. The molecule has 1 N–H and O–H groups in total. The van der Waals surface area contributed by atoms with Crippen LogP contribution in [0.1, 0.15) is 48.3 Å². The minimum Gasteiger partial charge on any atom is -0.351 e. The Morgan fingerprint density at radius 1 is 1.41 bits per heavy atom. The number of aromatic nitrogens is 3. The van der Waals surface area contributed by atoms with Crippen molar-refractivity contribution in [1.82, 2.24) is 14.3 Å². The van der Waals surface area contributed by atoms with Gasteiger partial charge < -0.3 is 5.32 Å². The van der Waals surface area contributed by atoms with E-state index in [-0.39, 0.29) is 6.04 Å². The molecule has 0 amide bonds. The van der Waals surface area contributed by atoms with Gasteiger partial charge in [-0.25, -0.2) is 9.97 Å². The van der Waals surface area contributed by atoms with Crippen molar-refractivity contribution in [3.63, 3.8) is 0 Å². The van der Waals surface area contributed by atoms with Crippen LogP contribution < -0.4 is 5.32 Å². The Kier molecular flexibility index (Phi) is 2.84. The normalized spacial score (nSPS) is 17.1. The molecule has 0 aliphatic heterocycles. The maximum Gasteiger partial charge on any atom is 0.203 e. The van der Waals surface area contributed by atoms with E-state index in [1.165, 1.54) is 24.4 Å². The Morgan fingerprint density at radius 2 is 2.24 bits per heavy atom. The van der Waals surface area contributed by atoms with Crippen molar-refractivity contribution in [2.45, 2.75) is 38.6 Å². The Labute approximate surface area is 108 Å². The molecule has 1 unspecified atom stereocenters. The van der Waals surface area contributed by atoms with Gasteiger partial charge in [0.25, 0.3) is 0 Å². The second-order valence-corrected chi connectivity index (χ2v) is 6.07. The van der Waals surface area contributed by atoms with Crippen molar-refractivity contribution >= 4 is 28.0 Å². The lowest BCUT2D eigenvalue weighted by molar-refractivity contribution is 0.857. The molecular formula is C11H14N4S2. The molecule has 17 heavy (non-hydrogen) atoms. The highest BCUT2D eigenvalue weighted by atomic mass is 32.1. The van der Waals surface area contributed by atoms with E-state index >= 15 is 0 Å². The predicted molar refractivity (Wildman–Crippen MR) is 70.8 cm³/mol. The van der Waals surface area contributed by atoms with Gasteiger partial charge in [-0.3, -0.25) is 0 Å². The number of nitrogens with one attached hydrogen (secondary N) is 1. The maximum absolute atomic E-state index is 4.52.